The van der Waals surface area contributed by atoms with Gasteiger partial charge in [-0.1, -0.05) is 11.6 Å². The van der Waals surface area contributed by atoms with Crippen LogP contribution < -0.4 is 4.90 Å². The van der Waals surface area contributed by atoms with Crippen LogP contribution in [0.15, 0.2) is 6.07 Å². The van der Waals surface area contributed by atoms with Crippen molar-refractivity contribution in [3.63, 3.8) is 0 Å². The first-order chi connectivity index (χ1) is 8.21. The fourth-order valence-electron chi connectivity index (χ4n) is 1.50. The Morgan fingerprint density at radius 3 is 2.82 bits per heavy atom. The van der Waals surface area contributed by atoms with Gasteiger partial charge in [0.15, 0.2) is 5.82 Å². The topological polar surface area (TPSA) is 58.5 Å². The van der Waals surface area contributed by atoms with Crippen molar-refractivity contribution in [3.05, 3.63) is 17.0 Å². The lowest BCUT2D eigenvalue weighted by molar-refractivity contribution is 0.178. The Balaban J connectivity index is 2.85. The highest BCUT2D eigenvalue weighted by Gasteiger charge is 2.09. The van der Waals surface area contributed by atoms with Crippen molar-refractivity contribution >= 4 is 17.4 Å². The number of hydrogen-bond acceptors (Lipinski definition) is 5. The van der Waals surface area contributed by atoms with Gasteiger partial charge in [0.2, 0.25) is 0 Å². The number of anilines is 1. The summed E-state index contributed by atoms with van der Waals surface area (Å²) in [6.07, 6.45) is 0.703. The van der Waals surface area contributed by atoms with Crippen LogP contribution in [0, 0.1) is 0 Å². The maximum Gasteiger partial charge on any atom is 0.158 e. The molecule has 0 bridgehead atoms. The van der Waals surface area contributed by atoms with Crippen LogP contribution in [0.25, 0.3) is 0 Å². The minimum Gasteiger partial charge on any atom is -0.396 e. The standard InChI is InChI=1S/C11H18ClN3O2/c1-3-15(5-4-6-16)11-7-9(12)13-10(14-11)8-17-2/h7,16H,3-6,8H2,1-2H3. The summed E-state index contributed by atoms with van der Waals surface area (Å²) in [5, 5.41) is 9.25. The summed E-state index contributed by atoms with van der Waals surface area (Å²) < 4.78 is 4.99. The van der Waals surface area contributed by atoms with E-state index in [2.05, 4.69) is 9.97 Å². The molecule has 0 atom stereocenters. The molecule has 1 aromatic rings. The van der Waals surface area contributed by atoms with Crippen LogP contribution >= 0.6 is 11.6 Å². The second-order valence-corrected chi connectivity index (χ2v) is 3.94. The molecule has 0 radical (unpaired) electrons. The second kappa shape index (κ2) is 7.42. The van der Waals surface area contributed by atoms with Crippen LogP contribution in [0.4, 0.5) is 5.82 Å². The van der Waals surface area contributed by atoms with Crippen LogP contribution in [0.2, 0.25) is 5.15 Å². The van der Waals surface area contributed by atoms with E-state index in [1.807, 2.05) is 11.8 Å². The van der Waals surface area contributed by atoms with Gasteiger partial charge in [-0.15, -0.1) is 0 Å². The second-order valence-electron chi connectivity index (χ2n) is 3.55. The van der Waals surface area contributed by atoms with Crippen LogP contribution in [-0.4, -0.2) is 41.9 Å². The number of rotatable bonds is 7. The first kappa shape index (κ1) is 14.2. The van der Waals surface area contributed by atoms with Gasteiger partial charge in [-0.25, -0.2) is 9.97 Å². The van der Waals surface area contributed by atoms with Crippen LogP contribution in [0.1, 0.15) is 19.2 Å². The number of hydrogen-bond donors (Lipinski definition) is 1. The highest BCUT2D eigenvalue weighted by molar-refractivity contribution is 6.29. The molecule has 0 aromatic carbocycles. The molecule has 1 heterocycles. The lowest BCUT2D eigenvalue weighted by atomic mass is 10.3. The lowest BCUT2D eigenvalue weighted by Gasteiger charge is -2.21. The van der Waals surface area contributed by atoms with E-state index in [1.165, 1.54) is 0 Å². The molecular weight excluding hydrogens is 242 g/mol. The predicted octanol–water partition coefficient (Wildman–Crippen LogP) is 1.49. The van der Waals surface area contributed by atoms with Gasteiger partial charge < -0.3 is 14.7 Å². The first-order valence-electron chi connectivity index (χ1n) is 5.59. The third kappa shape index (κ3) is 4.46. The van der Waals surface area contributed by atoms with Gasteiger partial charge in [0, 0.05) is 32.9 Å². The number of aliphatic hydroxyl groups is 1. The number of halogens is 1. The Kier molecular flexibility index (Phi) is 6.18. The van der Waals surface area contributed by atoms with Crippen molar-refractivity contribution in [2.75, 3.05) is 31.7 Å². The Labute approximate surface area is 106 Å². The van der Waals surface area contributed by atoms with E-state index in [-0.39, 0.29) is 6.61 Å². The summed E-state index contributed by atoms with van der Waals surface area (Å²) in [6, 6.07) is 1.72. The van der Waals surface area contributed by atoms with E-state index in [1.54, 1.807) is 13.2 Å². The summed E-state index contributed by atoms with van der Waals surface area (Å²) in [4.78, 5) is 10.5. The van der Waals surface area contributed by atoms with E-state index >= 15 is 0 Å². The Morgan fingerprint density at radius 2 is 2.24 bits per heavy atom. The van der Waals surface area contributed by atoms with E-state index in [4.69, 9.17) is 21.4 Å². The fraction of sp³-hybridized carbons (Fsp3) is 0.636. The lowest BCUT2D eigenvalue weighted by Crippen LogP contribution is -2.26. The molecule has 0 aliphatic heterocycles. The molecular formula is C11H18ClN3O2. The number of aliphatic hydroxyl groups excluding tert-OH is 1. The highest BCUT2D eigenvalue weighted by atomic mass is 35.5. The Bertz CT molecular complexity index is 349. The maximum absolute atomic E-state index is 8.85. The number of methoxy groups -OCH3 is 1. The minimum atomic E-state index is 0.167. The van der Waals surface area contributed by atoms with Crippen LogP contribution in [-0.2, 0) is 11.3 Å². The van der Waals surface area contributed by atoms with Gasteiger partial charge in [-0.2, -0.15) is 0 Å². The van der Waals surface area contributed by atoms with Gasteiger partial charge in [0.1, 0.15) is 17.6 Å². The van der Waals surface area contributed by atoms with Crippen molar-refractivity contribution in [1.82, 2.24) is 9.97 Å². The molecule has 0 unspecified atom stereocenters. The molecule has 1 rings (SSSR count). The van der Waals surface area contributed by atoms with Crippen molar-refractivity contribution in [2.45, 2.75) is 20.0 Å². The van der Waals surface area contributed by atoms with E-state index in [0.717, 1.165) is 18.9 Å². The summed E-state index contributed by atoms with van der Waals surface area (Å²) in [6.45, 7) is 4.08. The average Bonchev–Trinajstić information content (AvgIpc) is 2.30. The average molecular weight is 260 g/mol. The van der Waals surface area contributed by atoms with Gasteiger partial charge in [-0.05, 0) is 13.3 Å². The van der Waals surface area contributed by atoms with Gasteiger partial charge in [-0.3, -0.25) is 0 Å². The summed E-state index contributed by atoms with van der Waals surface area (Å²) in [7, 11) is 1.59. The molecule has 0 aliphatic carbocycles. The van der Waals surface area contributed by atoms with Gasteiger partial charge in [0.25, 0.3) is 0 Å². The van der Waals surface area contributed by atoms with E-state index < -0.39 is 0 Å². The normalized spacial score (nSPS) is 10.6. The molecule has 17 heavy (non-hydrogen) atoms. The molecule has 6 heteroatoms. The molecule has 96 valence electrons. The van der Waals surface area contributed by atoms with Gasteiger partial charge >= 0.3 is 0 Å². The molecule has 0 saturated heterocycles. The largest absolute Gasteiger partial charge is 0.396 e. The smallest absolute Gasteiger partial charge is 0.158 e. The highest BCUT2D eigenvalue weighted by Crippen LogP contribution is 2.16. The summed E-state index contributed by atoms with van der Waals surface area (Å²) in [5.74, 6) is 1.34. The zero-order chi connectivity index (χ0) is 12.7. The van der Waals surface area contributed by atoms with E-state index in [0.29, 0.717) is 24.0 Å². The summed E-state index contributed by atoms with van der Waals surface area (Å²) >= 11 is 5.94. The number of nitrogens with zero attached hydrogens (tertiary/aromatic N) is 3. The number of ether oxygens (including phenoxy) is 1. The third-order valence-electron chi connectivity index (χ3n) is 2.29. The number of aromatic nitrogens is 2. The fourth-order valence-corrected chi connectivity index (χ4v) is 1.70. The molecule has 0 aliphatic rings. The Hall–Kier alpha value is -0.910. The molecule has 0 amide bonds. The first-order valence-corrected chi connectivity index (χ1v) is 5.97. The molecule has 1 N–H and O–H groups in total. The van der Waals surface area contributed by atoms with E-state index in [9.17, 15) is 0 Å². The molecule has 1 aromatic heterocycles. The quantitative estimate of drug-likeness (QED) is 0.752. The van der Waals surface area contributed by atoms with Crippen molar-refractivity contribution < 1.29 is 9.84 Å². The minimum absolute atomic E-state index is 0.167. The zero-order valence-corrected chi connectivity index (χ0v) is 10.9. The maximum atomic E-state index is 8.85. The molecule has 0 fully saturated rings. The third-order valence-corrected chi connectivity index (χ3v) is 2.49. The zero-order valence-electron chi connectivity index (χ0n) is 10.2. The summed E-state index contributed by atoms with van der Waals surface area (Å²) in [5.41, 5.74) is 0. The van der Waals surface area contributed by atoms with Crippen molar-refractivity contribution in [2.24, 2.45) is 0 Å². The Morgan fingerprint density at radius 1 is 1.47 bits per heavy atom. The van der Waals surface area contributed by atoms with Crippen LogP contribution in [0.3, 0.4) is 0 Å². The predicted molar refractivity (Wildman–Crippen MR) is 67.3 cm³/mol. The SMILES string of the molecule is CCN(CCCO)c1cc(Cl)nc(COC)n1. The van der Waals surface area contributed by atoms with Crippen LogP contribution in [0.5, 0.6) is 0 Å². The molecule has 0 spiro atoms. The van der Waals surface area contributed by atoms with Crippen molar-refractivity contribution in [3.8, 4) is 0 Å². The molecule has 0 saturated carbocycles. The van der Waals surface area contributed by atoms with Gasteiger partial charge in [0.05, 0.1) is 0 Å². The van der Waals surface area contributed by atoms with Crippen molar-refractivity contribution in [1.29, 1.82) is 0 Å². The monoisotopic (exact) mass is 259 g/mol. The molecule has 5 nitrogen and oxygen atoms in total.